The van der Waals surface area contributed by atoms with Crippen LogP contribution in [0.25, 0.3) is 0 Å². The van der Waals surface area contributed by atoms with Crippen molar-refractivity contribution in [3.8, 4) is 0 Å². The molecule has 2 fully saturated rings. The Morgan fingerprint density at radius 1 is 1.31 bits per heavy atom. The molecular formula is C25H34FI2NO3. The number of anilines is 1. The van der Waals surface area contributed by atoms with E-state index in [9.17, 15) is 14.0 Å². The van der Waals surface area contributed by atoms with Crippen LogP contribution in [-0.4, -0.2) is 49.2 Å². The molecule has 4 rings (SSSR count). The molecule has 0 unspecified atom stereocenters. The summed E-state index contributed by atoms with van der Waals surface area (Å²) in [5.74, 6) is -0.244. The summed E-state index contributed by atoms with van der Waals surface area (Å²) in [6, 6.07) is 4.90. The van der Waals surface area contributed by atoms with Gasteiger partial charge in [-0.1, -0.05) is 0 Å². The predicted octanol–water partition coefficient (Wildman–Crippen LogP) is 6.08. The van der Waals surface area contributed by atoms with E-state index in [-0.39, 0.29) is 21.1 Å². The molecule has 1 aromatic rings. The molecule has 32 heavy (non-hydrogen) atoms. The van der Waals surface area contributed by atoms with E-state index in [1.54, 1.807) is 24.3 Å². The number of carbonyl (C=O) groups is 2. The monoisotopic (exact) mass is 669 g/mol. The van der Waals surface area contributed by atoms with Gasteiger partial charge in [0.2, 0.25) is 0 Å². The molecule has 0 saturated carbocycles. The molecule has 3 heterocycles. The zero-order chi connectivity index (χ0) is 22.9. The topological polar surface area (TPSA) is 46.6 Å². The maximum absolute atomic E-state index is 14.2. The molecule has 1 amide bonds. The average molecular weight is 669 g/mol. The Morgan fingerprint density at radius 3 is 2.62 bits per heavy atom. The Morgan fingerprint density at radius 2 is 2.00 bits per heavy atom. The van der Waals surface area contributed by atoms with Crippen LogP contribution < -0.4 is 4.90 Å². The average Bonchev–Trinajstić information content (AvgIpc) is 3.10. The molecule has 0 atom stereocenters. The minimum absolute atomic E-state index is 0.0209. The summed E-state index contributed by atoms with van der Waals surface area (Å²) < 4.78 is 29.7. The third-order valence-electron chi connectivity index (χ3n) is 7.19. The van der Waals surface area contributed by atoms with Crippen LogP contribution >= 0.6 is 37.8 Å². The van der Waals surface area contributed by atoms with E-state index in [0.29, 0.717) is 13.2 Å². The van der Waals surface area contributed by atoms with E-state index in [1.807, 2.05) is 18.7 Å². The van der Waals surface area contributed by atoms with E-state index in [0.717, 1.165) is 58.6 Å². The number of halogens is 3. The summed E-state index contributed by atoms with van der Waals surface area (Å²) in [7, 11) is 0. The van der Waals surface area contributed by atoms with Crippen LogP contribution in [0.5, 0.6) is 0 Å². The number of ether oxygens (including phenoxy) is 1. The van der Waals surface area contributed by atoms with Crippen LogP contribution in [0.3, 0.4) is 0 Å². The summed E-state index contributed by atoms with van der Waals surface area (Å²) in [5.41, 5.74) is 1.74. The van der Waals surface area contributed by atoms with Crippen molar-refractivity contribution in [3.05, 3.63) is 41.7 Å². The van der Waals surface area contributed by atoms with Gasteiger partial charge in [-0.2, -0.15) is 0 Å². The fourth-order valence-electron chi connectivity index (χ4n) is 5.31. The normalized spacial score (nSPS) is 31.5. The Balaban J connectivity index is 1.48. The quantitative estimate of drug-likeness (QED) is 0.169. The van der Waals surface area contributed by atoms with E-state index >= 15 is 0 Å². The molecule has 0 aromatic heterocycles. The number of fused-ring (bicyclic) bond motifs is 2. The van der Waals surface area contributed by atoms with Crippen LogP contribution in [0.4, 0.5) is 14.9 Å². The molecule has 0 bridgehead atoms. The first-order chi connectivity index (χ1) is 15.3. The van der Waals surface area contributed by atoms with Crippen molar-refractivity contribution in [2.24, 2.45) is 0 Å². The Hall–Kier alpha value is -0.840. The van der Waals surface area contributed by atoms with Gasteiger partial charge in [0, 0.05) is 0 Å². The third kappa shape index (κ3) is 4.57. The number of allylic oxidation sites excluding steroid dienone is 1. The molecule has 4 nitrogen and oxygen atoms in total. The Bertz CT molecular complexity index is 956. The van der Waals surface area contributed by atoms with Gasteiger partial charge in [0.15, 0.2) is 0 Å². The minimum atomic E-state index is -2.21. The molecule has 0 aliphatic carbocycles. The van der Waals surface area contributed by atoms with Crippen molar-refractivity contribution in [1.29, 1.82) is 0 Å². The number of carbonyl (C=O) groups excluding carboxylic acids is 2. The van der Waals surface area contributed by atoms with Crippen LogP contribution in [-0.2, 0) is 14.9 Å². The number of benzene rings is 1. The second-order valence-electron chi connectivity index (χ2n) is 8.95. The number of hydrogen-bond donors (Lipinski definition) is 0. The summed E-state index contributed by atoms with van der Waals surface area (Å²) in [6.07, 6.45) is 7.69. The van der Waals surface area contributed by atoms with Gasteiger partial charge in [0.1, 0.15) is 0 Å². The maximum atomic E-state index is 14.2. The van der Waals surface area contributed by atoms with Gasteiger partial charge >= 0.3 is 203 Å². The van der Waals surface area contributed by atoms with Crippen LogP contribution in [0.2, 0.25) is 0 Å². The summed E-state index contributed by atoms with van der Waals surface area (Å²) in [5, 5.41) is 0. The molecular weight excluding hydrogens is 635 g/mol. The van der Waals surface area contributed by atoms with Crippen molar-refractivity contribution < 1.29 is 18.7 Å². The SMILES string of the molecule is C=I1(C2CCI(C(=O)OCC)CC2)CCC2(CC1)CN(C(=O)/C=C/C)c1ccc(F)cc12. The van der Waals surface area contributed by atoms with Crippen LogP contribution in [0.15, 0.2) is 30.4 Å². The van der Waals surface area contributed by atoms with Gasteiger partial charge in [-0.3, -0.25) is 0 Å². The first-order valence-corrected chi connectivity index (χ1v) is 21.3. The van der Waals surface area contributed by atoms with Crippen LogP contribution in [0, 0.1) is 5.82 Å². The fraction of sp³-hybridized carbons (Fsp3) is 0.560. The summed E-state index contributed by atoms with van der Waals surface area (Å²) in [6.45, 7) is 4.87. The van der Waals surface area contributed by atoms with Gasteiger partial charge in [-0.25, -0.2) is 0 Å². The van der Waals surface area contributed by atoms with Gasteiger partial charge in [-0.05, 0) is 0 Å². The van der Waals surface area contributed by atoms with Gasteiger partial charge in [0.05, 0.1) is 0 Å². The number of alkyl halides is 5. The predicted molar refractivity (Wildman–Crippen MR) is 149 cm³/mol. The molecule has 2 saturated heterocycles. The van der Waals surface area contributed by atoms with E-state index in [1.165, 1.54) is 6.07 Å². The molecule has 1 spiro atoms. The molecule has 7 heteroatoms. The van der Waals surface area contributed by atoms with E-state index in [4.69, 9.17) is 9.25 Å². The molecule has 1 aromatic carbocycles. The Labute approximate surface area is 201 Å². The molecule has 178 valence electrons. The zero-order valence-corrected chi connectivity index (χ0v) is 23.4. The number of nitrogens with zero attached hydrogens (tertiary/aromatic N) is 1. The third-order valence-corrected chi connectivity index (χ3v) is 23.0. The first-order valence-electron chi connectivity index (χ1n) is 11.4. The fourth-order valence-corrected chi connectivity index (χ4v) is 22.7. The van der Waals surface area contributed by atoms with Crippen LogP contribution in [0.1, 0.15) is 45.1 Å². The molecule has 3 aliphatic heterocycles. The van der Waals surface area contributed by atoms with Crippen molar-refractivity contribution in [2.75, 3.05) is 35.8 Å². The van der Waals surface area contributed by atoms with Crippen molar-refractivity contribution in [3.63, 3.8) is 0 Å². The second-order valence-corrected chi connectivity index (χ2v) is 24.4. The van der Waals surface area contributed by atoms with Gasteiger partial charge in [-0.15, -0.1) is 0 Å². The van der Waals surface area contributed by atoms with Gasteiger partial charge in [0.25, 0.3) is 0 Å². The number of rotatable bonds is 4. The van der Waals surface area contributed by atoms with E-state index in [2.05, 4.69) is 0 Å². The Kier molecular flexibility index (Phi) is 7.44. The first kappa shape index (κ1) is 24.3. The van der Waals surface area contributed by atoms with E-state index < -0.39 is 37.8 Å². The summed E-state index contributed by atoms with van der Waals surface area (Å²) >= 11 is -3.81. The molecule has 0 radical (unpaired) electrons. The van der Waals surface area contributed by atoms with Crippen molar-refractivity contribution in [2.45, 2.75) is 48.9 Å². The molecule has 0 N–H and O–H groups in total. The number of hydrogen-bond acceptors (Lipinski definition) is 3. The molecule has 3 aliphatic rings. The van der Waals surface area contributed by atoms with Crippen molar-refractivity contribution >= 4 is 57.9 Å². The second kappa shape index (κ2) is 9.80. The summed E-state index contributed by atoms with van der Waals surface area (Å²) in [4.78, 5) is 26.8. The van der Waals surface area contributed by atoms with Gasteiger partial charge < -0.3 is 0 Å². The standard InChI is InChI=1S/C25H34FI2NO3/c1-4-6-23(30)29-18-25(21-17-19(26)7-8-22(21)29)11-15-28(3,16-12-25)20-9-13-27(14-10-20)24(31)32-5-2/h4,6-8,17,20H,3,5,9-16,18H2,1-2H3/b6-4+. The zero-order valence-electron chi connectivity index (χ0n) is 19.0. The number of amides is 1. The van der Waals surface area contributed by atoms with Crippen molar-refractivity contribution in [1.82, 2.24) is 0 Å².